The van der Waals surface area contributed by atoms with Gasteiger partial charge in [0.25, 0.3) is 0 Å². The molecule has 0 spiro atoms. The molecule has 0 aliphatic carbocycles. The minimum Gasteiger partial charge on any atom is -0.322 e. The zero-order valence-electron chi connectivity index (χ0n) is 14.6. The summed E-state index contributed by atoms with van der Waals surface area (Å²) in [7, 11) is -1.91. The minimum absolute atomic E-state index is 0.154. The van der Waals surface area contributed by atoms with Crippen LogP contribution in [0, 0.1) is 13.8 Å². The smallest absolute Gasteiger partial charge is 0.240 e. The summed E-state index contributed by atoms with van der Waals surface area (Å²) in [5.41, 5.74) is 3.05. The number of anilines is 1. The highest BCUT2D eigenvalue weighted by molar-refractivity contribution is 7.92. The predicted octanol–water partition coefficient (Wildman–Crippen LogP) is 2.57. The Hall–Kier alpha value is -2.15. The first-order valence-corrected chi connectivity index (χ1v) is 9.40. The van der Waals surface area contributed by atoms with Gasteiger partial charge in [-0.3, -0.25) is 9.48 Å². The summed E-state index contributed by atoms with van der Waals surface area (Å²) in [6, 6.07) is 6.67. The van der Waals surface area contributed by atoms with E-state index in [1.165, 1.54) is 0 Å². The number of carbonyl (C=O) groups excluding carboxylic acids is 1. The number of hydrogen-bond acceptors (Lipinski definition) is 4. The molecule has 0 aliphatic rings. The Kier molecular flexibility index (Phi) is 5.13. The maximum Gasteiger partial charge on any atom is 0.240 e. The molecule has 1 heterocycles. The molecule has 6 nitrogen and oxygen atoms in total. The number of aromatic nitrogens is 2. The maximum absolute atomic E-state index is 12.4. The molecule has 0 radical (unpaired) electrons. The fraction of sp³-hybridized carbons (Fsp3) is 0.412. The van der Waals surface area contributed by atoms with Gasteiger partial charge in [0.15, 0.2) is 9.84 Å². The van der Waals surface area contributed by atoms with Crippen LogP contribution in [-0.2, 0) is 21.7 Å². The molecule has 0 saturated carbocycles. The average Bonchev–Trinajstić information content (AvgIpc) is 2.73. The van der Waals surface area contributed by atoms with E-state index in [4.69, 9.17) is 0 Å². The standard InChI is InChI=1S/C17H23N3O3S/c1-11(2)14-6-8-15(9-7-14)24(22,23)10-16(21)18-17-12(3)19-20(5)13(17)4/h6-9,11H,10H2,1-5H3,(H,18,21). The van der Waals surface area contributed by atoms with Gasteiger partial charge in [0.05, 0.1) is 22.0 Å². The third kappa shape index (κ3) is 3.84. The molecule has 1 aromatic carbocycles. The maximum atomic E-state index is 12.4. The minimum atomic E-state index is -3.68. The van der Waals surface area contributed by atoms with Crippen LogP contribution in [0.2, 0.25) is 0 Å². The van der Waals surface area contributed by atoms with Crippen molar-refractivity contribution in [3.63, 3.8) is 0 Å². The Morgan fingerprint density at radius 3 is 2.25 bits per heavy atom. The van der Waals surface area contributed by atoms with E-state index in [1.54, 1.807) is 42.9 Å². The van der Waals surface area contributed by atoms with Crippen molar-refractivity contribution in [2.24, 2.45) is 7.05 Å². The van der Waals surface area contributed by atoms with Crippen molar-refractivity contribution >= 4 is 21.4 Å². The summed E-state index contributed by atoms with van der Waals surface area (Å²) in [6.45, 7) is 7.65. The first kappa shape index (κ1) is 18.2. The van der Waals surface area contributed by atoms with Crippen molar-refractivity contribution in [1.82, 2.24) is 9.78 Å². The third-order valence-corrected chi connectivity index (χ3v) is 5.63. The van der Waals surface area contributed by atoms with E-state index in [2.05, 4.69) is 10.4 Å². The number of hydrogen-bond donors (Lipinski definition) is 1. The molecule has 0 aliphatic heterocycles. The third-order valence-electron chi connectivity index (χ3n) is 4.00. The summed E-state index contributed by atoms with van der Waals surface area (Å²) in [4.78, 5) is 12.3. The van der Waals surface area contributed by atoms with Gasteiger partial charge in [-0.2, -0.15) is 5.10 Å². The summed E-state index contributed by atoms with van der Waals surface area (Å²) in [6.07, 6.45) is 0. The molecule has 0 saturated heterocycles. The number of nitrogens with one attached hydrogen (secondary N) is 1. The Bertz CT molecular complexity index is 850. The molecule has 24 heavy (non-hydrogen) atoms. The lowest BCUT2D eigenvalue weighted by molar-refractivity contribution is -0.113. The van der Waals surface area contributed by atoms with Crippen molar-refractivity contribution in [2.75, 3.05) is 11.1 Å². The second kappa shape index (κ2) is 6.76. The predicted molar refractivity (Wildman–Crippen MR) is 93.9 cm³/mol. The Balaban J connectivity index is 2.15. The average molecular weight is 349 g/mol. The van der Waals surface area contributed by atoms with E-state index in [9.17, 15) is 13.2 Å². The molecule has 130 valence electrons. The van der Waals surface area contributed by atoms with Crippen molar-refractivity contribution in [3.05, 3.63) is 41.2 Å². The zero-order chi connectivity index (χ0) is 18.1. The molecule has 1 N–H and O–H groups in total. The lowest BCUT2D eigenvalue weighted by atomic mass is 10.0. The van der Waals surface area contributed by atoms with Crippen LogP contribution < -0.4 is 5.32 Å². The van der Waals surface area contributed by atoms with Gasteiger partial charge in [0, 0.05) is 7.05 Å². The molecular formula is C17H23N3O3S. The van der Waals surface area contributed by atoms with Crippen LogP contribution in [0.4, 0.5) is 5.69 Å². The van der Waals surface area contributed by atoms with Crippen molar-refractivity contribution in [3.8, 4) is 0 Å². The van der Waals surface area contributed by atoms with E-state index >= 15 is 0 Å². The Morgan fingerprint density at radius 1 is 1.21 bits per heavy atom. The van der Waals surface area contributed by atoms with Crippen LogP contribution in [-0.4, -0.2) is 29.9 Å². The quantitative estimate of drug-likeness (QED) is 0.899. The van der Waals surface area contributed by atoms with Crippen LogP contribution in [0.1, 0.15) is 36.7 Å². The molecule has 2 aromatic rings. The van der Waals surface area contributed by atoms with Gasteiger partial charge < -0.3 is 5.32 Å². The molecular weight excluding hydrogens is 326 g/mol. The van der Waals surface area contributed by atoms with Crippen LogP contribution >= 0.6 is 0 Å². The largest absolute Gasteiger partial charge is 0.322 e. The van der Waals surface area contributed by atoms with Gasteiger partial charge in [-0.15, -0.1) is 0 Å². The number of amides is 1. The van der Waals surface area contributed by atoms with Crippen LogP contribution in [0.15, 0.2) is 29.2 Å². The topological polar surface area (TPSA) is 81.1 Å². The van der Waals surface area contributed by atoms with Crippen LogP contribution in [0.25, 0.3) is 0 Å². The van der Waals surface area contributed by atoms with Crippen LogP contribution in [0.5, 0.6) is 0 Å². The highest BCUT2D eigenvalue weighted by Crippen LogP contribution is 2.20. The first-order valence-electron chi connectivity index (χ1n) is 7.74. The van der Waals surface area contributed by atoms with E-state index in [-0.39, 0.29) is 4.90 Å². The van der Waals surface area contributed by atoms with E-state index in [0.717, 1.165) is 11.3 Å². The lowest BCUT2D eigenvalue weighted by Crippen LogP contribution is -2.23. The molecule has 2 rings (SSSR count). The number of benzene rings is 1. The van der Waals surface area contributed by atoms with Gasteiger partial charge >= 0.3 is 0 Å². The molecule has 0 bridgehead atoms. The van der Waals surface area contributed by atoms with Crippen LogP contribution in [0.3, 0.4) is 0 Å². The zero-order valence-corrected chi connectivity index (χ0v) is 15.4. The number of rotatable bonds is 5. The van der Waals surface area contributed by atoms with Gasteiger partial charge in [0.1, 0.15) is 5.75 Å². The summed E-state index contributed by atoms with van der Waals surface area (Å²) >= 11 is 0. The normalized spacial score (nSPS) is 11.8. The molecule has 0 fully saturated rings. The first-order chi connectivity index (χ1) is 11.1. The second-order valence-electron chi connectivity index (χ2n) is 6.20. The SMILES string of the molecule is Cc1nn(C)c(C)c1NC(=O)CS(=O)(=O)c1ccc(C(C)C)cc1. The van der Waals surface area contributed by atoms with Gasteiger partial charge in [-0.25, -0.2) is 8.42 Å². The summed E-state index contributed by atoms with van der Waals surface area (Å²) in [5, 5.41) is 6.85. The Labute approximate surface area is 142 Å². The number of sulfone groups is 1. The molecule has 0 atom stereocenters. The number of aryl methyl sites for hydroxylation is 2. The lowest BCUT2D eigenvalue weighted by Gasteiger charge is -2.09. The molecule has 1 amide bonds. The summed E-state index contributed by atoms with van der Waals surface area (Å²) in [5.74, 6) is -0.842. The van der Waals surface area contributed by atoms with Crippen molar-refractivity contribution < 1.29 is 13.2 Å². The monoisotopic (exact) mass is 349 g/mol. The highest BCUT2D eigenvalue weighted by Gasteiger charge is 2.21. The molecule has 1 aromatic heterocycles. The van der Waals surface area contributed by atoms with Gasteiger partial charge in [0.2, 0.25) is 5.91 Å². The van der Waals surface area contributed by atoms with Crippen molar-refractivity contribution in [1.29, 1.82) is 0 Å². The molecule has 7 heteroatoms. The van der Waals surface area contributed by atoms with E-state index in [0.29, 0.717) is 17.3 Å². The number of carbonyl (C=O) groups is 1. The Morgan fingerprint density at radius 2 is 1.79 bits per heavy atom. The summed E-state index contributed by atoms with van der Waals surface area (Å²) < 4.78 is 26.5. The van der Waals surface area contributed by atoms with E-state index in [1.807, 2.05) is 20.8 Å². The molecule has 0 unspecified atom stereocenters. The fourth-order valence-electron chi connectivity index (χ4n) is 2.45. The van der Waals surface area contributed by atoms with Gasteiger partial charge in [-0.05, 0) is 37.5 Å². The fourth-order valence-corrected chi connectivity index (χ4v) is 3.58. The van der Waals surface area contributed by atoms with Crippen molar-refractivity contribution in [2.45, 2.75) is 38.5 Å². The van der Waals surface area contributed by atoms with Gasteiger partial charge in [-0.1, -0.05) is 26.0 Å². The second-order valence-corrected chi connectivity index (χ2v) is 8.19. The van der Waals surface area contributed by atoms with E-state index < -0.39 is 21.5 Å². The number of nitrogens with zero attached hydrogens (tertiary/aromatic N) is 2. The highest BCUT2D eigenvalue weighted by atomic mass is 32.2.